The van der Waals surface area contributed by atoms with Crippen molar-refractivity contribution in [1.82, 2.24) is 24.7 Å². The van der Waals surface area contributed by atoms with E-state index in [0.717, 1.165) is 24.2 Å². The Labute approximate surface area is 176 Å². The van der Waals surface area contributed by atoms with E-state index in [4.69, 9.17) is 9.26 Å². The van der Waals surface area contributed by atoms with Gasteiger partial charge in [-0.15, -0.1) is 5.10 Å². The summed E-state index contributed by atoms with van der Waals surface area (Å²) >= 11 is 0. The number of carbonyl (C=O) groups is 1. The van der Waals surface area contributed by atoms with E-state index in [1.165, 1.54) is 0 Å². The number of carbonyl (C=O) groups excluding carboxylic acids is 1. The molecule has 1 saturated heterocycles. The predicted octanol–water partition coefficient (Wildman–Crippen LogP) is 3.56. The highest BCUT2D eigenvalue weighted by molar-refractivity contribution is 5.96. The van der Waals surface area contributed by atoms with E-state index in [1.807, 2.05) is 23.2 Å². The summed E-state index contributed by atoms with van der Waals surface area (Å²) in [4.78, 5) is 19.3. The Balaban J connectivity index is 1.33. The molecule has 0 spiro atoms. The summed E-state index contributed by atoms with van der Waals surface area (Å²) in [5.41, 5.74) is 3.04. The molecule has 4 heterocycles. The lowest BCUT2D eigenvalue weighted by Crippen LogP contribution is -2.40. The van der Waals surface area contributed by atoms with E-state index in [1.54, 1.807) is 18.4 Å². The van der Waals surface area contributed by atoms with Crippen molar-refractivity contribution in [3.8, 4) is 5.88 Å². The smallest absolute Gasteiger partial charge is 0.259 e. The lowest BCUT2D eigenvalue weighted by molar-refractivity contribution is 0.0656. The molecule has 3 aromatic rings. The molecule has 1 amide bonds. The standard InChI is InChI=1S/C22H29N5O3/c1-14-20(15(2)30-25-14)21(28)26-10-8-16(9-11-26)13-29-19-7-6-18-23-17(22(3,4)5)12-27(18)24-19/h6-7,12,16H,8-11,13H2,1-5H3. The first kappa shape index (κ1) is 20.4. The molecular formula is C22H29N5O3. The van der Waals surface area contributed by atoms with Crippen molar-refractivity contribution in [1.29, 1.82) is 0 Å². The molecule has 4 rings (SSSR count). The SMILES string of the molecule is Cc1noc(C)c1C(=O)N1CCC(COc2ccc3nc(C(C)(C)C)cn3n2)CC1. The molecule has 1 aliphatic heterocycles. The molecule has 3 aromatic heterocycles. The van der Waals surface area contributed by atoms with Gasteiger partial charge in [0.25, 0.3) is 5.91 Å². The van der Waals surface area contributed by atoms with Gasteiger partial charge in [-0.1, -0.05) is 25.9 Å². The van der Waals surface area contributed by atoms with Crippen molar-refractivity contribution in [2.45, 2.75) is 52.9 Å². The third-order valence-corrected chi connectivity index (χ3v) is 5.68. The summed E-state index contributed by atoms with van der Waals surface area (Å²) < 4.78 is 12.9. The average molecular weight is 412 g/mol. The maximum atomic E-state index is 12.8. The van der Waals surface area contributed by atoms with Crippen molar-refractivity contribution in [3.63, 3.8) is 0 Å². The lowest BCUT2D eigenvalue weighted by Gasteiger charge is -2.31. The predicted molar refractivity (Wildman–Crippen MR) is 112 cm³/mol. The Bertz CT molecular complexity index is 1040. The molecule has 0 N–H and O–H groups in total. The summed E-state index contributed by atoms with van der Waals surface area (Å²) in [6.45, 7) is 12.0. The summed E-state index contributed by atoms with van der Waals surface area (Å²) in [7, 11) is 0. The first-order valence-corrected chi connectivity index (χ1v) is 10.4. The Morgan fingerprint density at radius 2 is 1.97 bits per heavy atom. The monoisotopic (exact) mass is 411 g/mol. The van der Waals surface area contributed by atoms with Gasteiger partial charge in [-0.25, -0.2) is 9.50 Å². The van der Waals surface area contributed by atoms with Gasteiger partial charge in [0.05, 0.1) is 24.2 Å². The zero-order chi connectivity index (χ0) is 21.5. The molecule has 0 saturated carbocycles. The Hall–Kier alpha value is -2.90. The average Bonchev–Trinajstić information content (AvgIpc) is 3.29. The normalized spacial score (nSPS) is 15.7. The van der Waals surface area contributed by atoms with Crippen molar-refractivity contribution in [2.75, 3.05) is 19.7 Å². The van der Waals surface area contributed by atoms with Gasteiger partial charge in [0.1, 0.15) is 11.3 Å². The molecule has 0 radical (unpaired) electrons. The fourth-order valence-electron chi connectivity index (χ4n) is 3.76. The second-order valence-corrected chi connectivity index (χ2v) is 9.10. The quantitative estimate of drug-likeness (QED) is 0.652. The summed E-state index contributed by atoms with van der Waals surface area (Å²) in [6, 6.07) is 3.80. The van der Waals surface area contributed by atoms with Crippen LogP contribution in [-0.4, -0.2) is 50.3 Å². The number of fused-ring (bicyclic) bond motifs is 1. The van der Waals surface area contributed by atoms with Crippen LogP contribution in [0.25, 0.3) is 5.65 Å². The van der Waals surface area contributed by atoms with E-state index in [9.17, 15) is 4.79 Å². The van der Waals surface area contributed by atoms with Gasteiger partial charge in [-0.05, 0) is 38.7 Å². The second kappa shape index (κ2) is 7.74. The van der Waals surface area contributed by atoms with Gasteiger partial charge in [0.15, 0.2) is 5.65 Å². The highest BCUT2D eigenvalue weighted by Crippen LogP contribution is 2.24. The fourth-order valence-corrected chi connectivity index (χ4v) is 3.76. The molecule has 1 fully saturated rings. The maximum Gasteiger partial charge on any atom is 0.259 e. The van der Waals surface area contributed by atoms with E-state index in [0.29, 0.717) is 48.5 Å². The second-order valence-electron chi connectivity index (χ2n) is 9.10. The van der Waals surface area contributed by atoms with Crippen LogP contribution in [0.1, 0.15) is 61.1 Å². The number of likely N-dealkylation sites (tertiary alicyclic amines) is 1. The zero-order valence-corrected chi connectivity index (χ0v) is 18.3. The number of aromatic nitrogens is 4. The zero-order valence-electron chi connectivity index (χ0n) is 18.3. The van der Waals surface area contributed by atoms with Crippen LogP contribution in [0.5, 0.6) is 5.88 Å². The number of rotatable bonds is 4. The highest BCUT2D eigenvalue weighted by atomic mass is 16.5. The number of imidazole rings is 1. The molecule has 0 bridgehead atoms. The van der Waals surface area contributed by atoms with Crippen LogP contribution in [0.3, 0.4) is 0 Å². The van der Waals surface area contributed by atoms with Gasteiger partial charge in [-0.3, -0.25) is 4.79 Å². The molecule has 160 valence electrons. The van der Waals surface area contributed by atoms with Crippen LogP contribution in [-0.2, 0) is 5.41 Å². The topological polar surface area (TPSA) is 85.8 Å². The van der Waals surface area contributed by atoms with Crippen LogP contribution < -0.4 is 4.74 Å². The molecule has 8 heteroatoms. The Kier molecular flexibility index (Phi) is 5.26. The molecule has 0 atom stereocenters. The van der Waals surface area contributed by atoms with Gasteiger partial charge < -0.3 is 14.2 Å². The van der Waals surface area contributed by atoms with Gasteiger partial charge in [0, 0.05) is 24.6 Å². The minimum absolute atomic E-state index is 0.00694. The van der Waals surface area contributed by atoms with Gasteiger partial charge in [0.2, 0.25) is 5.88 Å². The summed E-state index contributed by atoms with van der Waals surface area (Å²) in [5, 5.41) is 8.43. The molecule has 30 heavy (non-hydrogen) atoms. The maximum absolute atomic E-state index is 12.8. The largest absolute Gasteiger partial charge is 0.476 e. The van der Waals surface area contributed by atoms with E-state index in [2.05, 4.69) is 36.0 Å². The van der Waals surface area contributed by atoms with Crippen LogP contribution >= 0.6 is 0 Å². The molecule has 0 aliphatic carbocycles. The Morgan fingerprint density at radius 3 is 2.60 bits per heavy atom. The third kappa shape index (κ3) is 4.04. The molecule has 0 aromatic carbocycles. The van der Waals surface area contributed by atoms with Crippen molar-refractivity contribution >= 4 is 11.6 Å². The molecular weight excluding hydrogens is 382 g/mol. The third-order valence-electron chi connectivity index (χ3n) is 5.68. The number of hydrogen-bond acceptors (Lipinski definition) is 6. The number of hydrogen-bond donors (Lipinski definition) is 0. The van der Waals surface area contributed by atoms with Gasteiger partial charge in [-0.2, -0.15) is 0 Å². The number of amides is 1. The van der Waals surface area contributed by atoms with Crippen molar-refractivity contribution in [2.24, 2.45) is 5.92 Å². The molecule has 0 unspecified atom stereocenters. The van der Waals surface area contributed by atoms with E-state index >= 15 is 0 Å². The van der Waals surface area contributed by atoms with E-state index < -0.39 is 0 Å². The van der Waals surface area contributed by atoms with Crippen molar-refractivity contribution in [3.05, 3.63) is 41.0 Å². The van der Waals surface area contributed by atoms with Crippen LogP contribution in [0.15, 0.2) is 22.9 Å². The van der Waals surface area contributed by atoms with E-state index in [-0.39, 0.29) is 11.3 Å². The van der Waals surface area contributed by atoms with Crippen LogP contribution in [0.4, 0.5) is 0 Å². The number of aryl methyl sites for hydroxylation is 2. The molecule has 1 aliphatic rings. The van der Waals surface area contributed by atoms with Crippen LogP contribution in [0, 0.1) is 19.8 Å². The number of nitrogens with zero attached hydrogens (tertiary/aromatic N) is 5. The minimum atomic E-state index is -0.0241. The first-order chi connectivity index (χ1) is 14.2. The fraction of sp³-hybridized carbons (Fsp3) is 0.545. The number of piperidine rings is 1. The van der Waals surface area contributed by atoms with Gasteiger partial charge >= 0.3 is 0 Å². The first-order valence-electron chi connectivity index (χ1n) is 10.4. The summed E-state index contributed by atoms with van der Waals surface area (Å²) in [6.07, 6.45) is 3.76. The highest BCUT2D eigenvalue weighted by Gasteiger charge is 2.28. The van der Waals surface area contributed by atoms with Crippen molar-refractivity contribution < 1.29 is 14.1 Å². The minimum Gasteiger partial charge on any atom is -0.476 e. The Morgan fingerprint density at radius 1 is 1.23 bits per heavy atom. The summed E-state index contributed by atoms with van der Waals surface area (Å²) in [5.74, 6) is 1.57. The number of ether oxygens (including phenoxy) is 1. The van der Waals surface area contributed by atoms with Crippen LogP contribution in [0.2, 0.25) is 0 Å². The lowest BCUT2D eigenvalue weighted by atomic mass is 9.93. The molecule has 8 nitrogen and oxygen atoms in total.